The Morgan fingerprint density at radius 3 is 2.67 bits per heavy atom. The van der Waals surface area contributed by atoms with Crippen molar-refractivity contribution < 1.29 is 28.2 Å². The zero-order valence-corrected chi connectivity index (χ0v) is 19.8. The second kappa shape index (κ2) is 8.12. The molecule has 2 aliphatic heterocycles. The van der Waals surface area contributed by atoms with Crippen LogP contribution in [0.1, 0.15) is 71.9 Å². The molecule has 190 valence electrons. The Balaban J connectivity index is 1.36. The molecule has 1 aromatic heterocycles. The Bertz CT molecular complexity index is 1330. The van der Waals surface area contributed by atoms with E-state index in [1.807, 2.05) is 0 Å². The Hall–Kier alpha value is -3.27. The summed E-state index contributed by atoms with van der Waals surface area (Å²) in [5.74, 6) is -3.27. The summed E-state index contributed by atoms with van der Waals surface area (Å²) in [5.41, 5.74) is -2.42. The van der Waals surface area contributed by atoms with E-state index in [2.05, 4.69) is 12.2 Å². The molecule has 2 saturated carbocycles. The molecule has 4 atom stereocenters. The molecule has 4 aliphatic rings. The van der Waals surface area contributed by atoms with Gasteiger partial charge < -0.3 is 24.6 Å². The van der Waals surface area contributed by atoms with Crippen LogP contribution in [0.25, 0.3) is 0 Å². The summed E-state index contributed by atoms with van der Waals surface area (Å²) in [5, 5.41) is 13.6. The van der Waals surface area contributed by atoms with E-state index in [1.165, 1.54) is 16.8 Å². The van der Waals surface area contributed by atoms with E-state index in [-0.39, 0.29) is 35.5 Å². The van der Waals surface area contributed by atoms with Gasteiger partial charge in [0.2, 0.25) is 5.43 Å². The van der Waals surface area contributed by atoms with E-state index in [0.717, 1.165) is 37.8 Å². The lowest BCUT2D eigenvalue weighted by atomic mass is 9.87. The van der Waals surface area contributed by atoms with Crippen LogP contribution in [0.15, 0.2) is 29.2 Å². The number of halogens is 2. The number of aromatic hydroxyl groups is 1. The zero-order valence-electron chi connectivity index (χ0n) is 19.8. The number of carbonyl (C=O) groups is 2. The third-order valence-corrected chi connectivity index (χ3v) is 8.37. The van der Waals surface area contributed by atoms with Gasteiger partial charge in [-0.15, -0.1) is 0 Å². The first-order valence-electron chi connectivity index (χ1n) is 12.4. The van der Waals surface area contributed by atoms with Crippen molar-refractivity contribution in [1.82, 2.24) is 14.8 Å². The molecule has 2 bridgehead atoms. The molecular weight excluding hydrogens is 472 g/mol. The first kappa shape index (κ1) is 23.1. The predicted molar refractivity (Wildman–Crippen MR) is 123 cm³/mol. The average molecular weight is 500 g/mol. The minimum Gasteiger partial charge on any atom is -0.503 e. The van der Waals surface area contributed by atoms with Gasteiger partial charge in [-0.25, -0.2) is 8.78 Å². The van der Waals surface area contributed by atoms with Gasteiger partial charge in [0.05, 0.1) is 18.2 Å². The lowest BCUT2D eigenvalue weighted by molar-refractivity contribution is -0.138. The maximum absolute atomic E-state index is 14.7. The number of pyridine rings is 1. The van der Waals surface area contributed by atoms with Crippen LogP contribution in [0.3, 0.4) is 0 Å². The summed E-state index contributed by atoms with van der Waals surface area (Å²) in [7, 11) is 0. The first-order valence-corrected chi connectivity index (χ1v) is 12.4. The van der Waals surface area contributed by atoms with Gasteiger partial charge in [-0.1, -0.05) is 25.8 Å². The smallest absolute Gasteiger partial charge is 0.276 e. The SMILES string of the molecule is CC1C[C@@H]2C[C@H]1OC1Cn3cc(C(=O)NC4(c5ccc(F)cc5F)CCCC4)c(=O)c(O)c3C(=O)N12. The minimum absolute atomic E-state index is 0.0182. The van der Waals surface area contributed by atoms with Gasteiger partial charge >= 0.3 is 0 Å². The van der Waals surface area contributed by atoms with E-state index < -0.39 is 46.4 Å². The summed E-state index contributed by atoms with van der Waals surface area (Å²) >= 11 is 0. The topological polar surface area (TPSA) is 101 Å². The van der Waals surface area contributed by atoms with E-state index >= 15 is 0 Å². The third kappa shape index (κ3) is 3.37. The van der Waals surface area contributed by atoms with Gasteiger partial charge in [-0.2, -0.15) is 0 Å². The monoisotopic (exact) mass is 499 g/mol. The number of benzene rings is 1. The van der Waals surface area contributed by atoms with Crippen LogP contribution in [0.4, 0.5) is 8.78 Å². The van der Waals surface area contributed by atoms with Crippen molar-refractivity contribution in [1.29, 1.82) is 0 Å². The fourth-order valence-corrected chi connectivity index (χ4v) is 6.60. The molecule has 3 heterocycles. The van der Waals surface area contributed by atoms with Crippen molar-refractivity contribution in [3.05, 3.63) is 63.1 Å². The molecular formula is C26H27F2N3O5. The molecule has 2 aliphatic carbocycles. The Kier molecular flexibility index (Phi) is 5.22. The number of ether oxygens (including phenoxy) is 1. The second-order valence-electron chi connectivity index (χ2n) is 10.5. The van der Waals surface area contributed by atoms with Crippen molar-refractivity contribution in [3.8, 4) is 5.75 Å². The van der Waals surface area contributed by atoms with Crippen molar-refractivity contribution in [2.24, 2.45) is 5.92 Å². The van der Waals surface area contributed by atoms with Crippen molar-refractivity contribution >= 4 is 11.8 Å². The van der Waals surface area contributed by atoms with Crippen LogP contribution in [-0.2, 0) is 16.8 Å². The minimum atomic E-state index is -1.11. The van der Waals surface area contributed by atoms with E-state index in [0.29, 0.717) is 18.8 Å². The molecule has 0 radical (unpaired) electrons. The summed E-state index contributed by atoms with van der Waals surface area (Å²) in [4.78, 5) is 41.4. The van der Waals surface area contributed by atoms with Crippen molar-refractivity contribution in [3.63, 3.8) is 0 Å². The molecule has 0 spiro atoms. The number of nitrogens with zero attached hydrogens (tertiary/aromatic N) is 2. The largest absolute Gasteiger partial charge is 0.503 e. The van der Waals surface area contributed by atoms with Crippen molar-refractivity contribution in [2.45, 2.75) is 75.9 Å². The zero-order chi connectivity index (χ0) is 25.4. The number of aromatic nitrogens is 1. The maximum Gasteiger partial charge on any atom is 0.276 e. The number of fused-ring (bicyclic) bond motifs is 5. The molecule has 2 unspecified atom stereocenters. The summed E-state index contributed by atoms with van der Waals surface area (Å²) in [6, 6.07) is 3.21. The fourth-order valence-electron chi connectivity index (χ4n) is 6.60. The van der Waals surface area contributed by atoms with Gasteiger partial charge in [0, 0.05) is 23.9 Å². The molecule has 2 N–H and O–H groups in total. The van der Waals surface area contributed by atoms with Crippen LogP contribution in [-0.4, -0.2) is 44.8 Å². The van der Waals surface area contributed by atoms with Crippen LogP contribution in [0.5, 0.6) is 5.75 Å². The molecule has 36 heavy (non-hydrogen) atoms. The highest BCUT2D eigenvalue weighted by Crippen LogP contribution is 2.42. The quantitative estimate of drug-likeness (QED) is 0.676. The van der Waals surface area contributed by atoms with Crippen LogP contribution >= 0.6 is 0 Å². The normalized spacial score (nSPS) is 28.1. The standard InChI is InChI=1S/C26H27F2N3O5/c1-13-8-15-10-19(13)36-20-12-30-11-16(22(32)23(33)21(30)25(35)31(15)20)24(34)29-26(6-2-3-7-26)17-5-4-14(27)9-18(17)28/h4-5,9,11,13,15,19-20,33H,2-3,6-8,10,12H2,1H3,(H,29,34)/t13?,15-,19-,20?/m1/s1. The van der Waals surface area contributed by atoms with Gasteiger partial charge in [-0.05, 0) is 37.7 Å². The summed E-state index contributed by atoms with van der Waals surface area (Å²) < 4.78 is 35.8. The fraction of sp³-hybridized carbons (Fsp3) is 0.500. The van der Waals surface area contributed by atoms with Gasteiger partial charge in [0.25, 0.3) is 11.8 Å². The third-order valence-electron chi connectivity index (χ3n) is 8.37. The molecule has 2 aromatic rings. The first-order chi connectivity index (χ1) is 17.2. The molecule has 1 saturated heterocycles. The van der Waals surface area contributed by atoms with E-state index in [4.69, 9.17) is 4.74 Å². The molecule has 1 aromatic carbocycles. The van der Waals surface area contributed by atoms with E-state index in [1.54, 1.807) is 4.90 Å². The average Bonchev–Trinajstić information content (AvgIpc) is 3.40. The highest BCUT2D eigenvalue weighted by molar-refractivity contribution is 5.99. The molecule has 2 amide bonds. The van der Waals surface area contributed by atoms with Crippen LogP contribution in [0.2, 0.25) is 0 Å². The number of amides is 2. The van der Waals surface area contributed by atoms with E-state index in [9.17, 15) is 28.3 Å². The lowest BCUT2D eigenvalue weighted by Crippen LogP contribution is -2.57. The number of hydrogen-bond donors (Lipinski definition) is 2. The van der Waals surface area contributed by atoms with Crippen LogP contribution < -0.4 is 10.7 Å². The van der Waals surface area contributed by atoms with Crippen LogP contribution in [0, 0.1) is 17.6 Å². The highest BCUT2D eigenvalue weighted by atomic mass is 19.1. The molecule has 10 heteroatoms. The number of carbonyl (C=O) groups excluding carboxylic acids is 2. The predicted octanol–water partition coefficient (Wildman–Crippen LogP) is 3.01. The second-order valence-corrected chi connectivity index (χ2v) is 10.5. The van der Waals surface area contributed by atoms with Gasteiger partial charge in [-0.3, -0.25) is 14.4 Å². The highest BCUT2D eigenvalue weighted by Gasteiger charge is 2.50. The Labute approximate surface area is 205 Å². The maximum atomic E-state index is 14.7. The molecule has 6 rings (SSSR count). The number of rotatable bonds is 3. The Morgan fingerprint density at radius 1 is 1.19 bits per heavy atom. The van der Waals surface area contributed by atoms with Gasteiger partial charge in [0.15, 0.2) is 17.7 Å². The Morgan fingerprint density at radius 2 is 1.94 bits per heavy atom. The summed E-state index contributed by atoms with van der Waals surface area (Å²) in [6.45, 7) is 2.25. The van der Waals surface area contributed by atoms with Crippen molar-refractivity contribution in [2.75, 3.05) is 0 Å². The summed E-state index contributed by atoms with van der Waals surface area (Å²) in [6.07, 6.45) is 4.55. The van der Waals surface area contributed by atoms with Gasteiger partial charge in [0.1, 0.15) is 17.2 Å². The number of hydrogen-bond acceptors (Lipinski definition) is 5. The number of nitrogens with one attached hydrogen (secondary N) is 1. The lowest BCUT2D eigenvalue weighted by Gasteiger charge is -2.44. The molecule has 8 nitrogen and oxygen atoms in total. The molecule has 3 fully saturated rings.